The molecular formula is C25H29N3O2. The van der Waals surface area contributed by atoms with E-state index in [0.717, 1.165) is 35.4 Å². The zero-order chi connectivity index (χ0) is 21.3. The van der Waals surface area contributed by atoms with Crippen LogP contribution in [-0.4, -0.2) is 22.8 Å². The van der Waals surface area contributed by atoms with E-state index < -0.39 is 0 Å². The van der Waals surface area contributed by atoms with Crippen molar-refractivity contribution >= 4 is 5.91 Å². The van der Waals surface area contributed by atoms with Gasteiger partial charge in [-0.25, -0.2) is 4.68 Å². The van der Waals surface area contributed by atoms with Crippen molar-refractivity contribution in [2.45, 2.75) is 46.1 Å². The molecule has 1 amide bonds. The lowest BCUT2D eigenvalue weighted by Gasteiger charge is -2.36. The number of ether oxygens (including phenoxy) is 1. The standard InChI is InChI=1S/C25H29N3O2/c1-17-7-5-6-8-22(17)28-23-15-25(2,3)14-21(20(23)16-26-28)27-24(29)13-18-9-11-19(30-4)12-10-18/h5-12,16,21H,13-15H2,1-4H3,(H,27,29)/t21-/m0/s1. The lowest BCUT2D eigenvalue weighted by atomic mass is 9.74. The Hall–Kier alpha value is -3.08. The minimum absolute atomic E-state index is 0.0254. The third kappa shape index (κ3) is 4.11. The summed E-state index contributed by atoms with van der Waals surface area (Å²) in [5.41, 5.74) is 5.65. The second-order valence-corrected chi connectivity index (χ2v) is 8.93. The highest BCUT2D eigenvalue weighted by atomic mass is 16.5. The number of hydrogen-bond donors (Lipinski definition) is 1. The molecule has 0 radical (unpaired) electrons. The summed E-state index contributed by atoms with van der Waals surface area (Å²) in [6, 6.07) is 15.9. The molecule has 3 aromatic rings. The molecule has 1 atom stereocenters. The number of para-hydroxylation sites is 1. The van der Waals surface area contributed by atoms with Crippen molar-refractivity contribution < 1.29 is 9.53 Å². The first-order valence-corrected chi connectivity index (χ1v) is 10.4. The van der Waals surface area contributed by atoms with Crippen molar-refractivity contribution in [3.05, 3.63) is 77.1 Å². The molecular weight excluding hydrogens is 374 g/mol. The van der Waals surface area contributed by atoms with Crippen LogP contribution in [0.15, 0.2) is 54.7 Å². The molecule has 0 unspecified atom stereocenters. The van der Waals surface area contributed by atoms with E-state index in [2.05, 4.69) is 38.2 Å². The Kier molecular flexibility index (Phi) is 5.37. The van der Waals surface area contributed by atoms with E-state index in [1.807, 2.05) is 47.3 Å². The second kappa shape index (κ2) is 7.98. The van der Waals surface area contributed by atoms with Crippen molar-refractivity contribution in [2.75, 3.05) is 7.11 Å². The fourth-order valence-corrected chi connectivity index (χ4v) is 4.35. The Morgan fingerprint density at radius 2 is 1.93 bits per heavy atom. The van der Waals surface area contributed by atoms with Gasteiger partial charge in [0.05, 0.1) is 37.2 Å². The van der Waals surface area contributed by atoms with Gasteiger partial charge >= 0.3 is 0 Å². The monoisotopic (exact) mass is 403 g/mol. The number of nitrogens with zero attached hydrogens (tertiary/aromatic N) is 2. The maximum atomic E-state index is 12.8. The Balaban J connectivity index is 1.58. The van der Waals surface area contributed by atoms with Crippen LogP contribution in [0.2, 0.25) is 0 Å². The lowest BCUT2D eigenvalue weighted by Crippen LogP contribution is -2.37. The van der Waals surface area contributed by atoms with Crippen LogP contribution in [0.5, 0.6) is 5.75 Å². The van der Waals surface area contributed by atoms with Crippen molar-refractivity contribution in [3.63, 3.8) is 0 Å². The number of benzene rings is 2. The average Bonchev–Trinajstić information content (AvgIpc) is 3.11. The fourth-order valence-electron chi connectivity index (χ4n) is 4.35. The van der Waals surface area contributed by atoms with Gasteiger partial charge in [0.1, 0.15) is 5.75 Å². The van der Waals surface area contributed by atoms with E-state index in [-0.39, 0.29) is 17.4 Å². The molecule has 5 heteroatoms. The molecule has 156 valence electrons. The Morgan fingerprint density at radius 3 is 2.63 bits per heavy atom. The maximum Gasteiger partial charge on any atom is 0.224 e. The summed E-state index contributed by atoms with van der Waals surface area (Å²) in [5.74, 6) is 0.818. The summed E-state index contributed by atoms with van der Waals surface area (Å²) >= 11 is 0. The molecule has 0 spiro atoms. The third-order valence-electron chi connectivity index (χ3n) is 5.88. The molecule has 0 aliphatic heterocycles. The fraction of sp³-hybridized carbons (Fsp3) is 0.360. The number of amides is 1. The zero-order valence-electron chi connectivity index (χ0n) is 18.1. The Labute approximate surface area is 178 Å². The number of aryl methyl sites for hydroxylation is 1. The minimum atomic E-state index is -0.0349. The van der Waals surface area contributed by atoms with Crippen LogP contribution in [0.4, 0.5) is 0 Å². The molecule has 0 fully saturated rings. The summed E-state index contributed by atoms with van der Waals surface area (Å²) in [7, 11) is 1.64. The van der Waals surface area contributed by atoms with Gasteiger partial charge in [-0.2, -0.15) is 5.10 Å². The highest BCUT2D eigenvalue weighted by molar-refractivity contribution is 5.79. The number of methoxy groups -OCH3 is 1. The van der Waals surface area contributed by atoms with Crippen molar-refractivity contribution in [3.8, 4) is 11.4 Å². The first-order valence-electron chi connectivity index (χ1n) is 10.4. The van der Waals surface area contributed by atoms with E-state index in [0.29, 0.717) is 6.42 Å². The number of nitrogens with one attached hydrogen (secondary N) is 1. The number of aromatic nitrogens is 2. The first kappa shape index (κ1) is 20.2. The highest BCUT2D eigenvalue weighted by Gasteiger charge is 2.36. The van der Waals surface area contributed by atoms with Gasteiger partial charge < -0.3 is 10.1 Å². The van der Waals surface area contributed by atoms with Crippen LogP contribution in [-0.2, 0) is 17.6 Å². The maximum absolute atomic E-state index is 12.8. The third-order valence-corrected chi connectivity index (χ3v) is 5.88. The van der Waals surface area contributed by atoms with Crippen LogP contribution < -0.4 is 10.1 Å². The second-order valence-electron chi connectivity index (χ2n) is 8.93. The molecule has 0 saturated carbocycles. The molecule has 1 aromatic heterocycles. The van der Waals surface area contributed by atoms with Gasteiger partial charge in [-0.1, -0.05) is 44.2 Å². The van der Waals surface area contributed by atoms with Gasteiger partial charge in [0.25, 0.3) is 0 Å². The number of carbonyl (C=O) groups is 1. The summed E-state index contributed by atoms with van der Waals surface area (Å²) < 4.78 is 7.24. The van der Waals surface area contributed by atoms with E-state index in [1.54, 1.807) is 7.11 Å². The van der Waals surface area contributed by atoms with Gasteiger partial charge in [-0.05, 0) is 54.5 Å². The quantitative estimate of drug-likeness (QED) is 0.679. The highest BCUT2D eigenvalue weighted by Crippen LogP contribution is 2.41. The minimum Gasteiger partial charge on any atom is -0.497 e. The van der Waals surface area contributed by atoms with Crippen LogP contribution in [0.1, 0.15) is 48.7 Å². The predicted octanol–water partition coefficient (Wildman–Crippen LogP) is 4.56. The Morgan fingerprint density at radius 1 is 1.20 bits per heavy atom. The van der Waals surface area contributed by atoms with E-state index in [4.69, 9.17) is 9.84 Å². The summed E-state index contributed by atoms with van der Waals surface area (Å²) in [6.07, 6.45) is 4.10. The van der Waals surface area contributed by atoms with Crippen LogP contribution >= 0.6 is 0 Å². The van der Waals surface area contributed by atoms with Gasteiger partial charge in [0, 0.05) is 5.56 Å². The zero-order valence-corrected chi connectivity index (χ0v) is 18.1. The summed E-state index contributed by atoms with van der Waals surface area (Å²) in [5, 5.41) is 7.97. The average molecular weight is 404 g/mol. The van der Waals surface area contributed by atoms with Crippen molar-refractivity contribution in [1.29, 1.82) is 0 Å². The smallest absolute Gasteiger partial charge is 0.224 e. The summed E-state index contributed by atoms with van der Waals surface area (Å²) in [4.78, 5) is 12.8. The summed E-state index contributed by atoms with van der Waals surface area (Å²) in [6.45, 7) is 6.62. The molecule has 1 heterocycles. The van der Waals surface area contributed by atoms with Gasteiger partial charge in [-0.3, -0.25) is 4.79 Å². The van der Waals surface area contributed by atoms with E-state index >= 15 is 0 Å². The van der Waals surface area contributed by atoms with Crippen LogP contribution in [0, 0.1) is 12.3 Å². The predicted molar refractivity (Wildman–Crippen MR) is 118 cm³/mol. The van der Waals surface area contributed by atoms with E-state index in [9.17, 15) is 4.79 Å². The number of rotatable bonds is 5. The topological polar surface area (TPSA) is 56.1 Å². The van der Waals surface area contributed by atoms with Gasteiger partial charge in [-0.15, -0.1) is 0 Å². The molecule has 2 aromatic carbocycles. The molecule has 4 rings (SSSR count). The van der Waals surface area contributed by atoms with Crippen LogP contribution in [0.3, 0.4) is 0 Å². The number of hydrogen-bond acceptors (Lipinski definition) is 3. The van der Waals surface area contributed by atoms with Crippen LogP contribution in [0.25, 0.3) is 5.69 Å². The SMILES string of the molecule is COc1ccc(CC(=O)N[C@H]2CC(C)(C)Cc3c2cnn3-c2ccccc2C)cc1. The van der Waals surface area contributed by atoms with Gasteiger partial charge in [0.2, 0.25) is 5.91 Å². The van der Waals surface area contributed by atoms with Gasteiger partial charge in [0.15, 0.2) is 0 Å². The molecule has 0 saturated heterocycles. The largest absolute Gasteiger partial charge is 0.497 e. The van der Waals surface area contributed by atoms with E-state index in [1.165, 1.54) is 11.3 Å². The first-order chi connectivity index (χ1) is 14.4. The molecule has 0 bridgehead atoms. The molecule has 5 nitrogen and oxygen atoms in total. The number of carbonyl (C=O) groups excluding carboxylic acids is 1. The molecule has 30 heavy (non-hydrogen) atoms. The molecule has 1 N–H and O–H groups in total. The Bertz CT molecular complexity index is 1050. The normalized spacial score (nSPS) is 17.3. The number of fused-ring (bicyclic) bond motifs is 1. The lowest BCUT2D eigenvalue weighted by molar-refractivity contribution is -0.121. The van der Waals surface area contributed by atoms with Crippen molar-refractivity contribution in [1.82, 2.24) is 15.1 Å². The van der Waals surface area contributed by atoms with Crippen molar-refractivity contribution in [2.24, 2.45) is 5.41 Å². The molecule has 1 aliphatic rings. The molecule has 1 aliphatic carbocycles.